The summed E-state index contributed by atoms with van der Waals surface area (Å²) in [5.41, 5.74) is 1.66. The van der Waals surface area contributed by atoms with Gasteiger partial charge in [-0.2, -0.15) is 0 Å². The molecule has 2 rings (SSSR count). The summed E-state index contributed by atoms with van der Waals surface area (Å²) >= 11 is 3.43. The minimum absolute atomic E-state index is 0.0849. The van der Waals surface area contributed by atoms with E-state index < -0.39 is 0 Å². The van der Waals surface area contributed by atoms with Crippen molar-refractivity contribution in [1.29, 1.82) is 0 Å². The fourth-order valence-corrected chi connectivity index (χ4v) is 2.02. The second-order valence-electron chi connectivity index (χ2n) is 4.00. The van der Waals surface area contributed by atoms with Gasteiger partial charge in [0.25, 0.3) is 5.91 Å². The summed E-state index contributed by atoms with van der Waals surface area (Å²) in [6, 6.07) is 15.1. The van der Waals surface area contributed by atoms with Crippen molar-refractivity contribution < 1.29 is 9.53 Å². The molecule has 0 heterocycles. The van der Waals surface area contributed by atoms with E-state index in [1.807, 2.05) is 36.4 Å². The minimum atomic E-state index is -0.0849. The fraction of sp³-hybridized carbons (Fsp3) is 0.133. The molecule has 1 N–H and O–H groups in total. The van der Waals surface area contributed by atoms with Gasteiger partial charge in [0.05, 0.1) is 4.47 Å². The molecular weight excluding hydrogens is 306 g/mol. The minimum Gasteiger partial charge on any atom is -0.488 e. The largest absolute Gasteiger partial charge is 0.488 e. The number of halogens is 1. The lowest BCUT2D eigenvalue weighted by atomic mass is 10.1. The van der Waals surface area contributed by atoms with Crippen molar-refractivity contribution in [2.45, 2.75) is 6.61 Å². The fourth-order valence-electron chi connectivity index (χ4n) is 1.62. The van der Waals surface area contributed by atoms with Gasteiger partial charge in [-0.1, -0.05) is 24.3 Å². The zero-order chi connectivity index (χ0) is 13.7. The number of para-hydroxylation sites is 1. The van der Waals surface area contributed by atoms with Crippen LogP contribution in [0.2, 0.25) is 0 Å². The van der Waals surface area contributed by atoms with E-state index >= 15 is 0 Å². The maximum absolute atomic E-state index is 11.4. The molecule has 0 atom stereocenters. The quantitative estimate of drug-likeness (QED) is 0.938. The number of nitrogens with one attached hydrogen (secondary N) is 1. The van der Waals surface area contributed by atoms with Gasteiger partial charge in [0.2, 0.25) is 0 Å². The Kier molecular flexibility index (Phi) is 4.58. The Balaban J connectivity index is 2.01. The van der Waals surface area contributed by atoms with E-state index in [1.54, 1.807) is 19.2 Å². The van der Waals surface area contributed by atoms with E-state index in [1.165, 1.54) is 0 Å². The first-order chi connectivity index (χ1) is 9.20. The number of carbonyl (C=O) groups excluding carboxylic acids is 1. The molecule has 0 aliphatic heterocycles. The highest BCUT2D eigenvalue weighted by atomic mass is 79.9. The summed E-state index contributed by atoms with van der Waals surface area (Å²) in [4.78, 5) is 11.4. The topological polar surface area (TPSA) is 38.3 Å². The predicted molar refractivity (Wildman–Crippen MR) is 78.3 cm³/mol. The Hall–Kier alpha value is -1.81. The van der Waals surface area contributed by atoms with Crippen molar-refractivity contribution in [3.63, 3.8) is 0 Å². The monoisotopic (exact) mass is 319 g/mol. The zero-order valence-corrected chi connectivity index (χ0v) is 12.1. The number of amides is 1. The Bertz CT molecular complexity index is 567. The third kappa shape index (κ3) is 3.58. The molecule has 0 spiro atoms. The van der Waals surface area contributed by atoms with E-state index in [2.05, 4.69) is 21.2 Å². The van der Waals surface area contributed by atoms with E-state index in [4.69, 9.17) is 4.74 Å². The highest BCUT2D eigenvalue weighted by molar-refractivity contribution is 9.10. The van der Waals surface area contributed by atoms with Gasteiger partial charge < -0.3 is 10.1 Å². The SMILES string of the molecule is CNC(=O)c1ccc(COc2ccccc2Br)cc1. The van der Waals surface area contributed by atoms with Crippen LogP contribution >= 0.6 is 15.9 Å². The molecule has 4 heteroatoms. The lowest BCUT2D eigenvalue weighted by Crippen LogP contribution is -2.17. The van der Waals surface area contributed by atoms with Crippen LogP contribution in [0.15, 0.2) is 53.0 Å². The van der Waals surface area contributed by atoms with Gasteiger partial charge in [0.1, 0.15) is 12.4 Å². The normalized spacial score (nSPS) is 10.0. The summed E-state index contributed by atoms with van der Waals surface area (Å²) in [6.45, 7) is 0.469. The number of rotatable bonds is 4. The summed E-state index contributed by atoms with van der Waals surface area (Å²) in [6.07, 6.45) is 0. The molecule has 0 aromatic heterocycles. The van der Waals surface area contributed by atoms with Crippen LogP contribution in [0.25, 0.3) is 0 Å². The van der Waals surface area contributed by atoms with Crippen LogP contribution in [0.1, 0.15) is 15.9 Å². The maximum Gasteiger partial charge on any atom is 0.251 e. The molecule has 3 nitrogen and oxygen atoms in total. The van der Waals surface area contributed by atoms with Gasteiger partial charge in [0.15, 0.2) is 0 Å². The zero-order valence-electron chi connectivity index (χ0n) is 10.5. The second kappa shape index (κ2) is 6.38. The standard InChI is InChI=1S/C15H14BrNO2/c1-17-15(18)12-8-6-11(7-9-12)10-19-14-5-3-2-4-13(14)16/h2-9H,10H2,1H3,(H,17,18). The predicted octanol–water partition coefficient (Wildman–Crippen LogP) is 3.39. The third-order valence-electron chi connectivity index (χ3n) is 2.67. The van der Waals surface area contributed by atoms with Crippen molar-refractivity contribution in [1.82, 2.24) is 5.32 Å². The molecule has 0 saturated carbocycles. The van der Waals surface area contributed by atoms with E-state index in [0.29, 0.717) is 12.2 Å². The average Bonchev–Trinajstić information content (AvgIpc) is 2.46. The van der Waals surface area contributed by atoms with E-state index in [9.17, 15) is 4.79 Å². The Morgan fingerprint density at radius 2 is 1.84 bits per heavy atom. The molecule has 0 radical (unpaired) electrons. The molecule has 0 aliphatic rings. The summed E-state index contributed by atoms with van der Waals surface area (Å²) < 4.78 is 6.63. The number of benzene rings is 2. The van der Waals surface area contributed by atoms with Crippen molar-refractivity contribution in [3.8, 4) is 5.75 Å². The molecule has 0 unspecified atom stereocenters. The lowest BCUT2D eigenvalue weighted by Gasteiger charge is -2.08. The summed E-state index contributed by atoms with van der Waals surface area (Å²) in [7, 11) is 1.62. The van der Waals surface area contributed by atoms with Gasteiger partial charge in [-0.05, 0) is 45.8 Å². The molecule has 2 aromatic rings. The van der Waals surface area contributed by atoms with Crippen LogP contribution < -0.4 is 10.1 Å². The Labute approximate surface area is 120 Å². The molecule has 0 fully saturated rings. The van der Waals surface area contributed by atoms with E-state index in [0.717, 1.165) is 15.8 Å². The number of hydrogen-bond acceptors (Lipinski definition) is 2. The first kappa shape index (κ1) is 13.6. The van der Waals surface area contributed by atoms with Crippen molar-refractivity contribution in [2.75, 3.05) is 7.05 Å². The highest BCUT2D eigenvalue weighted by Crippen LogP contribution is 2.24. The molecule has 0 aliphatic carbocycles. The van der Waals surface area contributed by atoms with Gasteiger partial charge in [-0.15, -0.1) is 0 Å². The molecule has 1 amide bonds. The number of hydrogen-bond donors (Lipinski definition) is 1. The van der Waals surface area contributed by atoms with Gasteiger partial charge >= 0.3 is 0 Å². The van der Waals surface area contributed by atoms with Crippen LogP contribution in [0.4, 0.5) is 0 Å². The van der Waals surface area contributed by atoms with Crippen molar-refractivity contribution in [2.24, 2.45) is 0 Å². The van der Waals surface area contributed by atoms with Gasteiger partial charge in [-0.3, -0.25) is 4.79 Å². The van der Waals surface area contributed by atoms with Gasteiger partial charge in [0, 0.05) is 12.6 Å². The van der Waals surface area contributed by atoms with Crippen LogP contribution in [-0.2, 0) is 6.61 Å². The maximum atomic E-state index is 11.4. The van der Waals surface area contributed by atoms with Crippen molar-refractivity contribution >= 4 is 21.8 Å². The molecule has 2 aromatic carbocycles. The smallest absolute Gasteiger partial charge is 0.251 e. The molecular formula is C15H14BrNO2. The van der Waals surface area contributed by atoms with Crippen LogP contribution in [0.5, 0.6) is 5.75 Å². The lowest BCUT2D eigenvalue weighted by molar-refractivity contribution is 0.0963. The van der Waals surface area contributed by atoms with Crippen LogP contribution in [0, 0.1) is 0 Å². The first-order valence-corrected chi connectivity index (χ1v) is 6.68. The van der Waals surface area contributed by atoms with Crippen molar-refractivity contribution in [3.05, 3.63) is 64.1 Å². The van der Waals surface area contributed by atoms with E-state index in [-0.39, 0.29) is 5.91 Å². The molecule has 19 heavy (non-hydrogen) atoms. The average molecular weight is 320 g/mol. The van der Waals surface area contributed by atoms with Crippen LogP contribution in [-0.4, -0.2) is 13.0 Å². The number of ether oxygens (including phenoxy) is 1. The molecule has 0 bridgehead atoms. The number of carbonyl (C=O) groups is 1. The third-order valence-corrected chi connectivity index (χ3v) is 3.33. The first-order valence-electron chi connectivity index (χ1n) is 5.89. The molecule has 98 valence electrons. The summed E-state index contributed by atoms with van der Waals surface area (Å²) in [5.74, 6) is 0.719. The second-order valence-corrected chi connectivity index (χ2v) is 4.85. The molecule has 0 saturated heterocycles. The Morgan fingerprint density at radius 1 is 1.16 bits per heavy atom. The Morgan fingerprint density at radius 3 is 2.47 bits per heavy atom. The van der Waals surface area contributed by atoms with Crippen LogP contribution in [0.3, 0.4) is 0 Å². The van der Waals surface area contributed by atoms with Gasteiger partial charge in [-0.25, -0.2) is 0 Å². The highest BCUT2D eigenvalue weighted by Gasteiger charge is 2.03. The summed E-state index contributed by atoms with van der Waals surface area (Å²) in [5, 5.41) is 2.59.